The summed E-state index contributed by atoms with van der Waals surface area (Å²) in [5.74, 6) is 0.580. The molecule has 0 aliphatic carbocycles. The molecule has 88 valence electrons. The number of rotatable bonds is 4. The van der Waals surface area contributed by atoms with Gasteiger partial charge < -0.3 is 15.6 Å². The van der Waals surface area contributed by atoms with E-state index in [9.17, 15) is 0 Å². The highest BCUT2D eigenvalue weighted by molar-refractivity contribution is 5.85. The SMILES string of the molecule is CCOc1ccc(C(N)CO)cn1.Cl.Cl. The standard InChI is InChI=1S/C9H14N2O2.2ClH/c1-2-13-9-4-3-7(5-11-9)8(10)6-12;;/h3-5,8,12H,2,6,10H2,1H3;2*1H. The first-order chi connectivity index (χ1) is 6.27. The molecular weight excluding hydrogens is 239 g/mol. The molecule has 15 heavy (non-hydrogen) atoms. The van der Waals surface area contributed by atoms with E-state index in [0.29, 0.717) is 12.5 Å². The maximum Gasteiger partial charge on any atom is 0.213 e. The monoisotopic (exact) mass is 254 g/mol. The number of hydrogen-bond donors (Lipinski definition) is 2. The summed E-state index contributed by atoms with van der Waals surface area (Å²) in [6, 6.07) is 3.19. The number of ether oxygens (including phenoxy) is 1. The molecular formula is C9H16Cl2N2O2. The molecule has 0 aromatic carbocycles. The molecule has 0 aliphatic heterocycles. The molecule has 1 unspecified atom stereocenters. The van der Waals surface area contributed by atoms with Crippen LogP contribution < -0.4 is 10.5 Å². The summed E-state index contributed by atoms with van der Waals surface area (Å²) >= 11 is 0. The van der Waals surface area contributed by atoms with Gasteiger partial charge >= 0.3 is 0 Å². The molecule has 1 aromatic heterocycles. The molecule has 0 radical (unpaired) electrons. The second-order valence-electron chi connectivity index (χ2n) is 2.65. The topological polar surface area (TPSA) is 68.4 Å². The van der Waals surface area contributed by atoms with Crippen molar-refractivity contribution in [1.29, 1.82) is 0 Å². The van der Waals surface area contributed by atoms with Gasteiger partial charge in [-0.05, 0) is 12.5 Å². The highest BCUT2D eigenvalue weighted by atomic mass is 35.5. The zero-order valence-electron chi connectivity index (χ0n) is 8.42. The van der Waals surface area contributed by atoms with Crippen molar-refractivity contribution in [3.63, 3.8) is 0 Å². The Bertz CT molecular complexity index is 257. The van der Waals surface area contributed by atoms with Crippen LogP contribution in [0.15, 0.2) is 18.3 Å². The van der Waals surface area contributed by atoms with Crippen LogP contribution in [0.2, 0.25) is 0 Å². The minimum absolute atomic E-state index is 0. The Morgan fingerprint density at radius 3 is 2.53 bits per heavy atom. The van der Waals surface area contributed by atoms with Crippen LogP contribution in [0.25, 0.3) is 0 Å². The lowest BCUT2D eigenvalue weighted by molar-refractivity contribution is 0.267. The van der Waals surface area contributed by atoms with Crippen LogP contribution >= 0.6 is 24.8 Å². The number of aliphatic hydroxyl groups excluding tert-OH is 1. The minimum Gasteiger partial charge on any atom is -0.478 e. The maximum absolute atomic E-state index is 8.78. The summed E-state index contributed by atoms with van der Waals surface area (Å²) < 4.78 is 5.16. The first-order valence-electron chi connectivity index (χ1n) is 4.23. The van der Waals surface area contributed by atoms with Gasteiger partial charge in [0.05, 0.1) is 19.3 Å². The summed E-state index contributed by atoms with van der Waals surface area (Å²) in [4.78, 5) is 4.02. The summed E-state index contributed by atoms with van der Waals surface area (Å²) in [5.41, 5.74) is 6.40. The third-order valence-electron chi connectivity index (χ3n) is 1.68. The van der Waals surface area contributed by atoms with E-state index in [4.69, 9.17) is 15.6 Å². The Morgan fingerprint density at radius 2 is 2.13 bits per heavy atom. The summed E-state index contributed by atoms with van der Waals surface area (Å²) in [6.07, 6.45) is 1.62. The van der Waals surface area contributed by atoms with Crippen LogP contribution in [0.4, 0.5) is 0 Å². The number of nitrogens with zero attached hydrogens (tertiary/aromatic N) is 1. The Balaban J connectivity index is 0. The van der Waals surface area contributed by atoms with Crippen LogP contribution in [0, 0.1) is 0 Å². The van der Waals surface area contributed by atoms with E-state index in [2.05, 4.69) is 4.98 Å². The minimum atomic E-state index is -0.358. The number of aromatic nitrogens is 1. The molecule has 4 nitrogen and oxygen atoms in total. The molecule has 0 aliphatic rings. The van der Waals surface area contributed by atoms with Gasteiger partial charge in [0.1, 0.15) is 0 Å². The van der Waals surface area contributed by atoms with Crippen molar-refractivity contribution in [2.24, 2.45) is 5.73 Å². The second-order valence-corrected chi connectivity index (χ2v) is 2.65. The summed E-state index contributed by atoms with van der Waals surface area (Å²) in [6.45, 7) is 2.42. The van der Waals surface area contributed by atoms with Gasteiger partial charge in [-0.2, -0.15) is 0 Å². The highest BCUT2D eigenvalue weighted by Crippen LogP contribution is 2.12. The fraction of sp³-hybridized carbons (Fsp3) is 0.444. The summed E-state index contributed by atoms with van der Waals surface area (Å²) in [7, 11) is 0. The average Bonchev–Trinajstić information content (AvgIpc) is 2.18. The predicted molar refractivity (Wildman–Crippen MR) is 63.9 cm³/mol. The molecule has 0 amide bonds. The van der Waals surface area contributed by atoms with Crippen LogP contribution in [0.1, 0.15) is 18.5 Å². The van der Waals surface area contributed by atoms with Crippen molar-refractivity contribution >= 4 is 24.8 Å². The third-order valence-corrected chi connectivity index (χ3v) is 1.68. The van der Waals surface area contributed by atoms with E-state index in [-0.39, 0.29) is 37.5 Å². The van der Waals surface area contributed by atoms with Gasteiger partial charge in [0.25, 0.3) is 0 Å². The number of nitrogens with two attached hydrogens (primary N) is 1. The lowest BCUT2D eigenvalue weighted by Gasteiger charge is -2.08. The molecule has 0 saturated heterocycles. The molecule has 1 aromatic rings. The lowest BCUT2D eigenvalue weighted by Crippen LogP contribution is -2.14. The van der Waals surface area contributed by atoms with Gasteiger partial charge in [0, 0.05) is 12.3 Å². The first-order valence-corrected chi connectivity index (χ1v) is 4.23. The zero-order chi connectivity index (χ0) is 9.68. The van der Waals surface area contributed by atoms with E-state index in [0.717, 1.165) is 5.56 Å². The normalized spacial score (nSPS) is 10.9. The first kappa shape index (κ1) is 16.9. The maximum atomic E-state index is 8.78. The molecule has 1 heterocycles. The van der Waals surface area contributed by atoms with E-state index in [1.54, 1.807) is 18.3 Å². The highest BCUT2D eigenvalue weighted by Gasteiger charge is 2.04. The Hall–Kier alpha value is -0.550. The smallest absolute Gasteiger partial charge is 0.213 e. The van der Waals surface area contributed by atoms with Crippen molar-refractivity contribution in [3.8, 4) is 5.88 Å². The Kier molecular flexibility index (Phi) is 9.82. The van der Waals surface area contributed by atoms with Crippen molar-refractivity contribution in [2.45, 2.75) is 13.0 Å². The van der Waals surface area contributed by atoms with Crippen molar-refractivity contribution < 1.29 is 9.84 Å². The average molecular weight is 255 g/mol. The number of hydrogen-bond acceptors (Lipinski definition) is 4. The Labute approximate surface area is 102 Å². The number of halogens is 2. The molecule has 0 bridgehead atoms. The molecule has 1 rings (SSSR count). The van der Waals surface area contributed by atoms with Crippen molar-refractivity contribution in [1.82, 2.24) is 4.98 Å². The van der Waals surface area contributed by atoms with Gasteiger partial charge in [0.2, 0.25) is 5.88 Å². The molecule has 6 heteroatoms. The fourth-order valence-corrected chi connectivity index (χ4v) is 0.950. The van der Waals surface area contributed by atoms with Crippen LogP contribution in [0.3, 0.4) is 0 Å². The van der Waals surface area contributed by atoms with Crippen molar-refractivity contribution in [2.75, 3.05) is 13.2 Å². The van der Waals surface area contributed by atoms with Crippen LogP contribution in [-0.4, -0.2) is 23.3 Å². The van der Waals surface area contributed by atoms with E-state index in [1.165, 1.54) is 0 Å². The third kappa shape index (κ3) is 5.18. The van der Waals surface area contributed by atoms with Gasteiger partial charge in [-0.25, -0.2) is 4.98 Å². The van der Waals surface area contributed by atoms with Crippen LogP contribution in [0.5, 0.6) is 5.88 Å². The van der Waals surface area contributed by atoms with Gasteiger partial charge in [-0.1, -0.05) is 6.07 Å². The lowest BCUT2D eigenvalue weighted by atomic mass is 10.1. The van der Waals surface area contributed by atoms with Crippen molar-refractivity contribution in [3.05, 3.63) is 23.9 Å². The van der Waals surface area contributed by atoms with Gasteiger partial charge in [0.15, 0.2) is 0 Å². The zero-order valence-corrected chi connectivity index (χ0v) is 10.1. The molecule has 1 atom stereocenters. The predicted octanol–water partition coefficient (Wildman–Crippen LogP) is 1.32. The summed E-state index contributed by atoms with van der Waals surface area (Å²) in [5, 5.41) is 8.78. The van der Waals surface area contributed by atoms with Crippen LogP contribution in [-0.2, 0) is 0 Å². The Morgan fingerprint density at radius 1 is 1.47 bits per heavy atom. The second kappa shape index (κ2) is 8.73. The fourth-order valence-electron chi connectivity index (χ4n) is 0.950. The van der Waals surface area contributed by atoms with E-state index < -0.39 is 0 Å². The molecule has 3 N–H and O–H groups in total. The number of pyridine rings is 1. The molecule has 0 saturated carbocycles. The van der Waals surface area contributed by atoms with Gasteiger partial charge in [-0.3, -0.25) is 0 Å². The van der Waals surface area contributed by atoms with Gasteiger partial charge in [-0.15, -0.1) is 24.8 Å². The molecule has 0 spiro atoms. The largest absolute Gasteiger partial charge is 0.478 e. The number of aliphatic hydroxyl groups is 1. The van der Waals surface area contributed by atoms with E-state index in [1.807, 2.05) is 6.92 Å². The van der Waals surface area contributed by atoms with E-state index >= 15 is 0 Å². The quantitative estimate of drug-likeness (QED) is 0.851. The molecule has 0 fully saturated rings.